The highest BCUT2D eigenvalue weighted by molar-refractivity contribution is 5.78. The SMILES string of the molecule is CCC(CC)(CNC(=O)N1CCCC1(C)C)C(=O)O. The van der Waals surface area contributed by atoms with Crippen molar-refractivity contribution < 1.29 is 14.7 Å². The minimum Gasteiger partial charge on any atom is -0.481 e. The number of rotatable bonds is 5. The Morgan fingerprint density at radius 3 is 2.26 bits per heavy atom. The molecule has 5 nitrogen and oxygen atoms in total. The summed E-state index contributed by atoms with van der Waals surface area (Å²) >= 11 is 0. The van der Waals surface area contributed by atoms with Crippen LogP contribution in [0.3, 0.4) is 0 Å². The Hall–Kier alpha value is -1.26. The van der Waals surface area contributed by atoms with E-state index in [1.54, 1.807) is 0 Å². The van der Waals surface area contributed by atoms with Crippen molar-refractivity contribution >= 4 is 12.0 Å². The van der Waals surface area contributed by atoms with Gasteiger partial charge in [-0.2, -0.15) is 0 Å². The maximum atomic E-state index is 12.2. The van der Waals surface area contributed by atoms with Crippen LogP contribution in [0.15, 0.2) is 0 Å². The first-order chi connectivity index (χ1) is 8.79. The molecule has 0 atom stereocenters. The summed E-state index contributed by atoms with van der Waals surface area (Å²) in [6.45, 7) is 8.73. The highest BCUT2D eigenvalue weighted by Gasteiger charge is 2.38. The number of nitrogens with one attached hydrogen (secondary N) is 1. The van der Waals surface area contributed by atoms with E-state index in [4.69, 9.17) is 0 Å². The summed E-state index contributed by atoms with van der Waals surface area (Å²) in [6.07, 6.45) is 3.03. The van der Waals surface area contributed by atoms with Gasteiger partial charge in [-0.3, -0.25) is 4.79 Å². The minimum absolute atomic E-state index is 0.131. The molecule has 0 unspecified atom stereocenters. The molecular weight excluding hydrogens is 244 g/mol. The lowest BCUT2D eigenvalue weighted by atomic mass is 9.82. The standard InChI is InChI=1S/C14H26N2O3/c1-5-14(6-2,11(17)18)10-15-12(19)16-9-7-8-13(16,3)4/h5-10H2,1-4H3,(H,15,19)(H,17,18). The van der Waals surface area contributed by atoms with Crippen LogP contribution in [0.2, 0.25) is 0 Å². The van der Waals surface area contributed by atoms with Gasteiger partial charge < -0.3 is 15.3 Å². The van der Waals surface area contributed by atoms with Gasteiger partial charge in [0.05, 0.1) is 5.41 Å². The molecule has 19 heavy (non-hydrogen) atoms. The fourth-order valence-electron chi connectivity index (χ4n) is 2.70. The number of carbonyl (C=O) groups is 2. The Balaban J connectivity index is 2.65. The number of carboxylic acids is 1. The van der Waals surface area contributed by atoms with Crippen LogP contribution in [-0.4, -0.2) is 40.6 Å². The van der Waals surface area contributed by atoms with Crippen LogP contribution in [0.1, 0.15) is 53.4 Å². The van der Waals surface area contributed by atoms with E-state index in [-0.39, 0.29) is 18.1 Å². The highest BCUT2D eigenvalue weighted by Crippen LogP contribution is 2.29. The van der Waals surface area contributed by atoms with Gasteiger partial charge in [0.1, 0.15) is 0 Å². The van der Waals surface area contributed by atoms with Crippen molar-refractivity contribution in [3.8, 4) is 0 Å². The van der Waals surface area contributed by atoms with Crippen molar-refractivity contribution in [2.24, 2.45) is 5.41 Å². The van der Waals surface area contributed by atoms with E-state index >= 15 is 0 Å². The fourth-order valence-corrected chi connectivity index (χ4v) is 2.70. The number of carbonyl (C=O) groups excluding carboxylic acids is 1. The third-order valence-electron chi connectivity index (χ3n) is 4.53. The maximum absolute atomic E-state index is 12.2. The molecule has 0 saturated carbocycles. The molecule has 1 aliphatic rings. The molecule has 1 fully saturated rings. The number of hydrogen-bond acceptors (Lipinski definition) is 2. The molecule has 1 heterocycles. The number of hydrogen-bond donors (Lipinski definition) is 2. The number of nitrogens with zero attached hydrogens (tertiary/aromatic N) is 1. The lowest BCUT2D eigenvalue weighted by Gasteiger charge is -2.33. The smallest absolute Gasteiger partial charge is 0.317 e. The molecule has 0 spiro atoms. The third kappa shape index (κ3) is 3.19. The van der Waals surface area contributed by atoms with Gasteiger partial charge in [-0.15, -0.1) is 0 Å². The quantitative estimate of drug-likeness (QED) is 0.806. The Bertz CT molecular complexity index is 349. The zero-order chi connectivity index (χ0) is 14.7. The van der Waals surface area contributed by atoms with Crippen molar-refractivity contribution in [2.45, 2.75) is 58.9 Å². The van der Waals surface area contributed by atoms with Gasteiger partial charge in [-0.05, 0) is 39.5 Å². The first-order valence-corrected chi connectivity index (χ1v) is 7.08. The van der Waals surface area contributed by atoms with Gasteiger partial charge in [0.2, 0.25) is 0 Å². The van der Waals surface area contributed by atoms with Crippen molar-refractivity contribution in [3.05, 3.63) is 0 Å². The maximum Gasteiger partial charge on any atom is 0.317 e. The number of urea groups is 1. The monoisotopic (exact) mass is 270 g/mol. The van der Waals surface area contributed by atoms with Crippen LogP contribution in [0.4, 0.5) is 4.79 Å². The molecule has 2 amide bonds. The van der Waals surface area contributed by atoms with Gasteiger partial charge in [-0.1, -0.05) is 13.8 Å². The van der Waals surface area contributed by atoms with Crippen LogP contribution in [0.5, 0.6) is 0 Å². The Labute approximate surface area is 115 Å². The van der Waals surface area contributed by atoms with Crippen molar-refractivity contribution in [2.75, 3.05) is 13.1 Å². The molecule has 0 aliphatic carbocycles. The first kappa shape index (κ1) is 15.8. The molecule has 0 aromatic rings. The number of carboxylic acid groups (broad SMARTS) is 1. The van der Waals surface area contributed by atoms with E-state index in [0.717, 1.165) is 19.4 Å². The second-order valence-electron chi connectivity index (χ2n) is 6.02. The average molecular weight is 270 g/mol. The number of likely N-dealkylation sites (tertiary alicyclic amines) is 1. The molecular formula is C14H26N2O3. The summed E-state index contributed by atoms with van der Waals surface area (Å²) < 4.78 is 0. The molecule has 5 heteroatoms. The average Bonchev–Trinajstić information content (AvgIpc) is 2.70. The highest BCUT2D eigenvalue weighted by atomic mass is 16.4. The lowest BCUT2D eigenvalue weighted by molar-refractivity contribution is -0.149. The Kier molecular flexibility index (Phi) is 4.82. The predicted molar refractivity (Wildman–Crippen MR) is 74.1 cm³/mol. The largest absolute Gasteiger partial charge is 0.481 e. The van der Waals surface area contributed by atoms with Gasteiger partial charge >= 0.3 is 12.0 Å². The van der Waals surface area contributed by atoms with Crippen LogP contribution < -0.4 is 5.32 Å². The molecule has 1 saturated heterocycles. The van der Waals surface area contributed by atoms with E-state index < -0.39 is 11.4 Å². The molecule has 1 aliphatic heterocycles. The minimum atomic E-state index is -0.848. The first-order valence-electron chi connectivity index (χ1n) is 7.08. The Morgan fingerprint density at radius 1 is 1.32 bits per heavy atom. The zero-order valence-electron chi connectivity index (χ0n) is 12.5. The summed E-state index contributed by atoms with van der Waals surface area (Å²) in [6, 6.07) is -0.143. The van der Waals surface area contributed by atoms with Gasteiger partial charge in [0.25, 0.3) is 0 Å². The summed E-state index contributed by atoms with van der Waals surface area (Å²) in [4.78, 5) is 25.4. The van der Waals surface area contributed by atoms with Gasteiger partial charge in [0, 0.05) is 18.6 Å². The fraction of sp³-hybridized carbons (Fsp3) is 0.857. The van der Waals surface area contributed by atoms with Crippen molar-refractivity contribution in [1.29, 1.82) is 0 Å². The molecule has 110 valence electrons. The van der Waals surface area contributed by atoms with Gasteiger partial charge in [0.15, 0.2) is 0 Å². The molecule has 0 bridgehead atoms. The van der Waals surface area contributed by atoms with Gasteiger partial charge in [-0.25, -0.2) is 4.79 Å². The molecule has 0 aromatic carbocycles. The van der Waals surface area contributed by atoms with E-state index in [1.807, 2.05) is 32.6 Å². The summed E-state index contributed by atoms with van der Waals surface area (Å²) in [7, 11) is 0. The molecule has 2 N–H and O–H groups in total. The normalized spacial score (nSPS) is 18.4. The van der Waals surface area contributed by atoms with E-state index in [9.17, 15) is 14.7 Å². The summed E-state index contributed by atoms with van der Waals surface area (Å²) in [5.74, 6) is -0.835. The van der Waals surface area contributed by atoms with Crippen LogP contribution in [0, 0.1) is 5.41 Å². The second kappa shape index (κ2) is 5.80. The molecule has 0 aromatic heterocycles. The van der Waals surface area contributed by atoms with Crippen LogP contribution in [-0.2, 0) is 4.79 Å². The lowest BCUT2D eigenvalue weighted by Crippen LogP contribution is -2.51. The van der Waals surface area contributed by atoms with Crippen molar-refractivity contribution in [3.63, 3.8) is 0 Å². The topological polar surface area (TPSA) is 69.6 Å². The number of aliphatic carboxylic acids is 1. The van der Waals surface area contributed by atoms with E-state index in [1.165, 1.54) is 0 Å². The Morgan fingerprint density at radius 2 is 1.89 bits per heavy atom. The second-order valence-corrected chi connectivity index (χ2v) is 6.02. The zero-order valence-corrected chi connectivity index (χ0v) is 12.5. The van der Waals surface area contributed by atoms with E-state index in [2.05, 4.69) is 5.32 Å². The molecule has 1 rings (SSSR count). The van der Waals surface area contributed by atoms with Crippen LogP contribution >= 0.6 is 0 Å². The number of amides is 2. The third-order valence-corrected chi connectivity index (χ3v) is 4.53. The predicted octanol–water partition coefficient (Wildman–Crippen LogP) is 2.46. The summed E-state index contributed by atoms with van der Waals surface area (Å²) in [5.41, 5.74) is -0.978. The van der Waals surface area contributed by atoms with Crippen molar-refractivity contribution in [1.82, 2.24) is 10.2 Å². The molecule has 0 radical (unpaired) electrons. The summed E-state index contributed by atoms with van der Waals surface area (Å²) in [5, 5.41) is 12.2. The van der Waals surface area contributed by atoms with E-state index in [0.29, 0.717) is 12.8 Å². The van der Waals surface area contributed by atoms with Crippen LogP contribution in [0.25, 0.3) is 0 Å².